The van der Waals surface area contributed by atoms with Crippen molar-refractivity contribution in [1.82, 2.24) is 15.0 Å². The highest BCUT2D eigenvalue weighted by Crippen LogP contribution is 2.41. The van der Waals surface area contributed by atoms with Crippen molar-refractivity contribution in [2.45, 2.75) is 46.6 Å². The fourth-order valence-corrected chi connectivity index (χ4v) is 5.66. The Hall–Kier alpha value is -2.94. The Labute approximate surface area is 189 Å². The van der Waals surface area contributed by atoms with Gasteiger partial charge in [0.25, 0.3) is 5.56 Å². The predicted molar refractivity (Wildman–Crippen MR) is 123 cm³/mol. The van der Waals surface area contributed by atoms with Gasteiger partial charge < -0.3 is 14.8 Å². The molecule has 3 aromatic rings. The number of aromatic nitrogens is 3. The average molecular weight is 455 g/mol. The molecule has 0 saturated carbocycles. The van der Waals surface area contributed by atoms with Crippen LogP contribution in [-0.4, -0.2) is 34.1 Å². The topological polar surface area (TPSA) is 95.3 Å². The minimum Gasteiger partial charge on any atom is -0.486 e. The summed E-state index contributed by atoms with van der Waals surface area (Å²) in [6.07, 6.45) is 2.88. The molecule has 0 spiro atoms. The van der Waals surface area contributed by atoms with Crippen molar-refractivity contribution in [2.24, 2.45) is 11.3 Å². The molecule has 168 valence electrons. The van der Waals surface area contributed by atoms with E-state index < -0.39 is 0 Å². The Kier molecular flexibility index (Phi) is 5.16. The third kappa shape index (κ3) is 3.85. The number of anilines is 1. The smallest absolute Gasteiger partial charge is 0.279 e. The van der Waals surface area contributed by atoms with Gasteiger partial charge in [-0.15, -0.1) is 16.4 Å². The number of amides is 1. The van der Waals surface area contributed by atoms with Gasteiger partial charge in [0.15, 0.2) is 16.3 Å². The minimum atomic E-state index is -0.352. The fourth-order valence-electron chi connectivity index (χ4n) is 4.43. The number of hydrogen-bond donors (Lipinski definition) is 1. The maximum atomic E-state index is 13.2. The van der Waals surface area contributed by atoms with Crippen LogP contribution in [0.15, 0.2) is 23.0 Å². The molecule has 0 bridgehead atoms. The lowest BCUT2D eigenvalue weighted by Crippen LogP contribution is -2.31. The fraction of sp³-hybridized carbons (Fsp3) is 0.478. The first-order chi connectivity index (χ1) is 15.3. The van der Waals surface area contributed by atoms with E-state index in [0.717, 1.165) is 29.5 Å². The number of nitrogens with one attached hydrogen (secondary N) is 1. The number of ether oxygens (including phenoxy) is 2. The zero-order valence-corrected chi connectivity index (χ0v) is 19.3. The second-order valence-electron chi connectivity index (χ2n) is 9.45. The Balaban J connectivity index is 1.37. The largest absolute Gasteiger partial charge is 0.486 e. The van der Waals surface area contributed by atoms with Gasteiger partial charge in [-0.25, -0.2) is 4.68 Å². The number of carbonyl (C=O) groups is 1. The van der Waals surface area contributed by atoms with E-state index in [9.17, 15) is 9.59 Å². The van der Waals surface area contributed by atoms with Crippen LogP contribution in [-0.2, 0) is 24.2 Å². The van der Waals surface area contributed by atoms with Crippen molar-refractivity contribution >= 4 is 33.1 Å². The normalized spacial score (nSPS) is 17.8. The van der Waals surface area contributed by atoms with Crippen molar-refractivity contribution in [3.63, 3.8) is 0 Å². The summed E-state index contributed by atoms with van der Waals surface area (Å²) >= 11 is 1.56. The molecule has 1 amide bonds. The number of carbonyl (C=O) groups excluding carboxylic acids is 1. The zero-order valence-electron chi connectivity index (χ0n) is 18.4. The first kappa shape index (κ1) is 20.9. The Bertz CT molecular complexity index is 1260. The first-order valence-corrected chi connectivity index (χ1v) is 11.7. The van der Waals surface area contributed by atoms with Crippen molar-refractivity contribution in [3.8, 4) is 11.5 Å². The van der Waals surface area contributed by atoms with E-state index >= 15 is 0 Å². The molecule has 0 radical (unpaired) electrons. The van der Waals surface area contributed by atoms with E-state index in [4.69, 9.17) is 9.47 Å². The summed E-state index contributed by atoms with van der Waals surface area (Å²) in [5.74, 6) is 1.47. The van der Waals surface area contributed by atoms with Gasteiger partial charge in [0.2, 0.25) is 5.91 Å². The molecule has 9 heteroatoms. The zero-order chi connectivity index (χ0) is 22.5. The number of fused-ring (bicyclic) bond motifs is 4. The molecule has 1 atom stereocenters. The SMILES string of the molecule is CC(C)(C)[C@H]1CCc2c(sc3nnn(CC(=O)Nc4ccc5c(c4)OCCO5)c(=O)c23)C1. The molecule has 1 aromatic carbocycles. The van der Waals surface area contributed by atoms with E-state index in [0.29, 0.717) is 46.5 Å². The lowest BCUT2D eigenvalue weighted by molar-refractivity contribution is -0.117. The molecule has 5 rings (SSSR count). The van der Waals surface area contributed by atoms with Crippen LogP contribution in [0.25, 0.3) is 10.2 Å². The van der Waals surface area contributed by atoms with Gasteiger partial charge in [-0.2, -0.15) is 0 Å². The quantitative estimate of drug-likeness (QED) is 0.652. The first-order valence-electron chi connectivity index (χ1n) is 10.9. The lowest BCUT2D eigenvalue weighted by Gasteiger charge is -2.33. The van der Waals surface area contributed by atoms with Crippen LogP contribution in [0.1, 0.15) is 37.6 Å². The van der Waals surface area contributed by atoms with Gasteiger partial charge in [-0.1, -0.05) is 26.0 Å². The molecule has 32 heavy (non-hydrogen) atoms. The monoisotopic (exact) mass is 454 g/mol. The molecule has 0 unspecified atom stereocenters. The van der Waals surface area contributed by atoms with E-state index in [1.165, 1.54) is 4.88 Å². The van der Waals surface area contributed by atoms with Crippen molar-refractivity contribution in [3.05, 3.63) is 39.0 Å². The van der Waals surface area contributed by atoms with Crippen molar-refractivity contribution < 1.29 is 14.3 Å². The molecule has 0 saturated heterocycles. The van der Waals surface area contributed by atoms with E-state index in [1.54, 1.807) is 29.5 Å². The molecule has 2 aromatic heterocycles. The molecule has 1 aliphatic heterocycles. The molecule has 0 fully saturated rings. The molecular weight excluding hydrogens is 428 g/mol. The van der Waals surface area contributed by atoms with Crippen molar-refractivity contribution in [1.29, 1.82) is 0 Å². The maximum Gasteiger partial charge on any atom is 0.279 e. The molecule has 1 aliphatic carbocycles. The van der Waals surface area contributed by atoms with Crippen LogP contribution < -0.4 is 20.3 Å². The van der Waals surface area contributed by atoms with E-state index in [1.807, 2.05) is 0 Å². The highest BCUT2D eigenvalue weighted by molar-refractivity contribution is 7.18. The molecule has 3 heterocycles. The van der Waals surface area contributed by atoms with Crippen LogP contribution in [0.5, 0.6) is 11.5 Å². The summed E-state index contributed by atoms with van der Waals surface area (Å²) < 4.78 is 12.2. The standard InChI is InChI=1S/C23H26N4O4S/c1-23(2,3)13-4-6-15-18(10-13)32-21-20(15)22(29)27(26-25-21)12-19(28)24-14-5-7-16-17(11-14)31-9-8-30-16/h5,7,11,13H,4,6,8-10,12H2,1-3H3,(H,24,28)/t13-/m0/s1. The Morgan fingerprint density at radius 2 is 2.03 bits per heavy atom. The number of hydrogen-bond acceptors (Lipinski definition) is 7. The van der Waals surface area contributed by atoms with Crippen LogP contribution in [0.3, 0.4) is 0 Å². The Morgan fingerprint density at radius 1 is 1.25 bits per heavy atom. The summed E-state index contributed by atoms with van der Waals surface area (Å²) in [6.45, 7) is 7.57. The van der Waals surface area contributed by atoms with E-state index in [2.05, 4.69) is 36.4 Å². The molecular formula is C23H26N4O4S. The Morgan fingerprint density at radius 3 is 2.81 bits per heavy atom. The summed E-state index contributed by atoms with van der Waals surface area (Å²) in [5.41, 5.74) is 1.64. The number of rotatable bonds is 3. The third-order valence-corrected chi connectivity index (χ3v) is 7.42. The number of thiophene rings is 1. The van der Waals surface area contributed by atoms with Crippen LogP contribution >= 0.6 is 11.3 Å². The highest BCUT2D eigenvalue weighted by atomic mass is 32.1. The second-order valence-corrected chi connectivity index (χ2v) is 10.5. The summed E-state index contributed by atoms with van der Waals surface area (Å²) in [4.78, 5) is 27.7. The van der Waals surface area contributed by atoms with Gasteiger partial charge in [0.05, 0.1) is 5.39 Å². The van der Waals surface area contributed by atoms with Gasteiger partial charge in [0.1, 0.15) is 19.8 Å². The minimum absolute atomic E-state index is 0.203. The van der Waals surface area contributed by atoms with Gasteiger partial charge in [0, 0.05) is 16.6 Å². The van der Waals surface area contributed by atoms with Crippen LogP contribution in [0.2, 0.25) is 0 Å². The lowest BCUT2D eigenvalue weighted by atomic mass is 9.72. The number of nitrogens with zero attached hydrogens (tertiary/aromatic N) is 3. The van der Waals surface area contributed by atoms with Crippen LogP contribution in [0, 0.1) is 11.3 Å². The molecule has 1 N–H and O–H groups in total. The van der Waals surface area contributed by atoms with Gasteiger partial charge in [-0.05, 0) is 48.3 Å². The number of aryl methyl sites for hydroxylation is 1. The van der Waals surface area contributed by atoms with Crippen molar-refractivity contribution in [2.75, 3.05) is 18.5 Å². The highest BCUT2D eigenvalue weighted by Gasteiger charge is 2.32. The molecule has 8 nitrogen and oxygen atoms in total. The molecule has 2 aliphatic rings. The second kappa shape index (κ2) is 7.88. The average Bonchev–Trinajstić information content (AvgIpc) is 3.13. The van der Waals surface area contributed by atoms with Gasteiger partial charge >= 0.3 is 0 Å². The van der Waals surface area contributed by atoms with E-state index in [-0.39, 0.29) is 23.4 Å². The third-order valence-electron chi connectivity index (χ3n) is 6.28. The summed E-state index contributed by atoms with van der Waals surface area (Å²) in [7, 11) is 0. The van der Waals surface area contributed by atoms with Crippen LogP contribution in [0.4, 0.5) is 5.69 Å². The summed E-state index contributed by atoms with van der Waals surface area (Å²) in [5, 5.41) is 11.7. The predicted octanol–water partition coefficient (Wildman–Crippen LogP) is 3.41. The van der Waals surface area contributed by atoms with Gasteiger partial charge in [-0.3, -0.25) is 9.59 Å². The number of benzene rings is 1. The summed E-state index contributed by atoms with van der Waals surface area (Å²) in [6, 6.07) is 5.21. The maximum absolute atomic E-state index is 13.2.